The zero-order valence-corrected chi connectivity index (χ0v) is 17.6. The van der Waals surface area contributed by atoms with Gasteiger partial charge in [-0.25, -0.2) is 0 Å². The molecule has 0 atom stereocenters. The van der Waals surface area contributed by atoms with Gasteiger partial charge in [0, 0.05) is 0 Å². The van der Waals surface area contributed by atoms with Crippen molar-refractivity contribution in [3.63, 3.8) is 0 Å². The molecule has 0 unspecified atom stereocenters. The first-order chi connectivity index (χ1) is 12.4. The van der Waals surface area contributed by atoms with Crippen LogP contribution in [0.4, 0.5) is 0 Å². The van der Waals surface area contributed by atoms with E-state index in [0.717, 1.165) is 44.9 Å². The fourth-order valence-electron chi connectivity index (χ4n) is 2.69. The molecule has 0 spiro atoms. The molecule has 0 saturated heterocycles. The third-order valence-electron chi connectivity index (χ3n) is 4.72. The van der Waals surface area contributed by atoms with E-state index in [9.17, 15) is 4.79 Å². The van der Waals surface area contributed by atoms with Crippen molar-refractivity contribution in [1.29, 1.82) is 0 Å². The van der Waals surface area contributed by atoms with Crippen molar-refractivity contribution in [3.8, 4) is 0 Å². The van der Waals surface area contributed by atoms with Crippen molar-refractivity contribution < 1.29 is 9.53 Å². The molecular formula is C24H38O2. The van der Waals surface area contributed by atoms with E-state index in [4.69, 9.17) is 4.74 Å². The Hall–Kier alpha value is -1.57. The summed E-state index contributed by atoms with van der Waals surface area (Å²) in [4.78, 5) is 11.5. The largest absolute Gasteiger partial charge is 0.461 e. The first-order valence-corrected chi connectivity index (χ1v) is 10.2. The molecule has 146 valence electrons. The lowest BCUT2D eigenvalue weighted by molar-refractivity contribution is -0.143. The van der Waals surface area contributed by atoms with E-state index in [1.807, 2.05) is 6.08 Å². The van der Waals surface area contributed by atoms with Crippen molar-refractivity contribution in [1.82, 2.24) is 0 Å². The minimum absolute atomic E-state index is 0.0195. The Bertz CT molecular complexity index is 553. The Morgan fingerprint density at radius 2 is 1.23 bits per heavy atom. The lowest BCUT2D eigenvalue weighted by Crippen LogP contribution is -2.06. The molecule has 1 aliphatic rings. The Balaban J connectivity index is 2.15. The van der Waals surface area contributed by atoms with E-state index in [2.05, 4.69) is 52.8 Å². The summed E-state index contributed by atoms with van der Waals surface area (Å²) in [7, 11) is 0. The Kier molecular flexibility index (Phi) is 11.0. The number of carbonyl (C=O) groups excluding carboxylic acids is 1. The number of rotatable bonds is 12. The van der Waals surface area contributed by atoms with Crippen molar-refractivity contribution in [2.45, 2.75) is 86.0 Å². The van der Waals surface area contributed by atoms with Gasteiger partial charge in [0.05, 0.1) is 5.92 Å². The van der Waals surface area contributed by atoms with Crippen LogP contribution in [0.3, 0.4) is 0 Å². The molecule has 0 bridgehead atoms. The molecule has 0 amide bonds. The average Bonchev–Trinajstić information content (AvgIpc) is 3.39. The minimum atomic E-state index is -0.0195. The van der Waals surface area contributed by atoms with Crippen molar-refractivity contribution in [2.75, 3.05) is 6.61 Å². The smallest absolute Gasteiger partial charge is 0.309 e. The second-order valence-electron chi connectivity index (χ2n) is 7.95. The van der Waals surface area contributed by atoms with Gasteiger partial charge in [-0.05, 0) is 92.1 Å². The van der Waals surface area contributed by atoms with Gasteiger partial charge in [0.2, 0.25) is 0 Å². The molecule has 0 heterocycles. The second kappa shape index (κ2) is 12.7. The highest BCUT2D eigenvalue weighted by molar-refractivity contribution is 5.74. The van der Waals surface area contributed by atoms with E-state index in [0.29, 0.717) is 6.61 Å². The molecule has 1 rings (SSSR count). The van der Waals surface area contributed by atoms with Crippen LogP contribution in [0.15, 0.2) is 46.6 Å². The third kappa shape index (κ3) is 11.9. The maximum Gasteiger partial charge on any atom is 0.309 e. The second-order valence-corrected chi connectivity index (χ2v) is 7.95. The number of hydrogen-bond donors (Lipinski definition) is 0. The SMILES string of the molecule is CC(C)=CCC/C(C)=C/CC/C(C)=C/CC/C(C)=C/COC(=O)C1CC1. The van der Waals surface area contributed by atoms with Gasteiger partial charge < -0.3 is 4.74 Å². The molecule has 0 aliphatic heterocycles. The first kappa shape index (κ1) is 22.5. The zero-order valence-electron chi connectivity index (χ0n) is 17.6. The predicted octanol–water partition coefficient (Wildman–Crippen LogP) is 7.09. The van der Waals surface area contributed by atoms with E-state index in [1.165, 1.54) is 28.7 Å². The van der Waals surface area contributed by atoms with Crippen LogP contribution >= 0.6 is 0 Å². The van der Waals surface area contributed by atoms with Gasteiger partial charge in [-0.15, -0.1) is 0 Å². The van der Waals surface area contributed by atoms with Gasteiger partial charge in [-0.3, -0.25) is 4.79 Å². The molecule has 0 aromatic heterocycles. The van der Waals surface area contributed by atoms with Crippen LogP contribution in [0.25, 0.3) is 0 Å². The van der Waals surface area contributed by atoms with Gasteiger partial charge in [-0.2, -0.15) is 0 Å². The van der Waals surface area contributed by atoms with Crippen LogP contribution in [0.1, 0.15) is 86.0 Å². The van der Waals surface area contributed by atoms with Crippen LogP contribution in [-0.4, -0.2) is 12.6 Å². The quantitative estimate of drug-likeness (QED) is 0.275. The fourth-order valence-corrected chi connectivity index (χ4v) is 2.69. The maximum absolute atomic E-state index is 11.5. The third-order valence-corrected chi connectivity index (χ3v) is 4.72. The van der Waals surface area contributed by atoms with Gasteiger partial charge in [0.15, 0.2) is 0 Å². The predicted molar refractivity (Wildman–Crippen MR) is 112 cm³/mol. The lowest BCUT2D eigenvalue weighted by atomic mass is 10.0. The number of hydrogen-bond acceptors (Lipinski definition) is 2. The molecule has 0 aromatic rings. The van der Waals surface area contributed by atoms with E-state index in [-0.39, 0.29) is 11.9 Å². The molecule has 1 aliphatic carbocycles. The van der Waals surface area contributed by atoms with Crippen LogP contribution in [0, 0.1) is 5.92 Å². The summed E-state index contributed by atoms with van der Waals surface area (Å²) >= 11 is 0. The summed E-state index contributed by atoms with van der Waals surface area (Å²) < 4.78 is 5.24. The highest BCUT2D eigenvalue weighted by atomic mass is 16.5. The van der Waals surface area contributed by atoms with Crippen molar-refractivity contribution in [3.05, 3.63) is 46.6 Å². The summed E-state index contributed by atoms with van der Waals surface area (Å²) in [5.41, 5.74) is 5.66. The summed E-state index contributed by atoms with van der Waals surface area (Å²) in [6.45, 7) is 11.3. The van der Waals surface area contributed by atoms with Gasteiger partial charge in [0.25, 0.3) is 0 Å². The summed E-state index contributed by atoms with van der Waals surface area (Å²) in [6.07, 6.45) is 17.8. The average molecular weight is 359 g/mol. The highest BCUT2D eigenvalue weighted by Crippen LogP contribution is 2.30. The van der Waals surface area contributed by atoms with Crippen LogP contribution < -0.4 is 0 Å². The van der Waals surface area contributed by atoms with Gasteiger partial charge in [0.1, 0.15) is 6.61 Å². The molecule has 0 aromatic carbocycles. The normalized spacial score (nSPS) is 15.8. The molecular weight excluding hydrogens is 320 g/mol. The number of ether oxygens (including phenoxy) is 1. The van der Waals surface area contributed by atoms with E-state index in [1.54, 1.807) is 0 Å². The van der Waals surface area contributed by atoms with Crippen molar-refractivity contribution >= 4 is 5.97 Å². The molecule has 26 heavy (non-hydrogen) atoms. The van der Waals surface area contributed by atoms with Crippen molar-refractivity contribution in [2.24, 2.45) is 5.92 Å². The van der Waals surface area contributed by atoms with E-state index >= 15 is 0 Å². The monoisotopic (exact) mass is 358 g/mol. The summed E-state index contributed by atoms with van der Waals surface area (Å²) in [6, 6.07) is 0. The van der Waals surface area contributed by atoms with Crippen LogP contribution in [0.5, 0.6) is 0 Å². The number of allylic oxidation sites excluding steroid dienone is 7. The minimum Gasteiger partial charge on any atom is -0.461 e. The number of carbonyl (C=O) groups is 1. The van der Waals surface area contributed by atoms with Crippen LogP contribution in [-0.2, 0) is 9.53 Å². The molecule has 2 nitrogen and oxygen atoms in total. The van der Waals surface area contributed by atoms with E-state index < -0.39 is 0 Å². The van der Waals surface area contributed by atoms with Gasteiger partial charge in [-0.1, -0.05) is 40.5 Å². The Labute approximate surface area is 161 Å². The lowest BCUT2D eigenvalue weighted by Gasteiger charge is -2.03. The number of esters is 1. The maximum atomic E-state index is 11.5. The molecule has 1 fully saturated rings. The van der Waals surface area contributed by atoms with Crippen LogP contribution in [0.2, 0.25) is 0 Å². The molecule has 0 N–H and O–H groups in total. The fraction of sp³-hybridized carbons (Fsp3) is 0.625. The summed E-state index contributed by atoms with van der Waals surface area (Å²) in [5, 5.41) is 0. The topological polar surface area (TPSA) is 26.3 Å². The highest BCUT2D eigenvalue weighted by Gasteiger charge is 2.30. The first-order valence-electron chi connectivity index (χ1n) is 10.2. The molecule has 1 saturated carbocycles. The summed E-state index contributed by atoms with van der Waals surface area (Å²) in [5.74, 6) is 0.174. The molecule has 2 heteroatoms. The Morgan fingerprint density at radius 1 is 0.769 bits per heavy atom. The molecule has 0 radical (unpaired) electrons. The Morgan fingerprint density at radius 3 is 1.69 bits per heavy atom. The zero-order chi connectivity index (χ0) is 19.4. The van der Waals surface area contributed by atoms with Gasteiger partial charge >= 0.3 is 5.97 Å². The standard InChI is InChI=1S/C24H38O2/c1-19(2)9-6-10-20(3)11-7-12-21(4)13-8-14-22(5)17-18-26-24(25)23-15-16-23/h9,11,13,17,23H,6-8,10,12,14-16,18H2,1-5H3/b20-11+,21-13+,22-17+.